The number of nitrogens with two attached hydrogens (primary N) is 1. The lowest BCUT2D eigenvalue weighted by atomic mass is 10.1. The molecular weight excluding hydrogens is 252 g/mol. The van der Waals surface area contributed by atoms with Crippen molar-refractivity contribution in [3.8, 4) is 0 Å². The molecule has 0 bridgehead atoms. The van der Waals surface area contributed by atoms with Gasteiger partial charge in [0, 0.05) is 34.8 Å². The van der Waals surface area contributed by atoms with Gasteiger partial charge < -0.3 is 10.6 Å². The Morgan fingerprint density at radius 2 is 2.35 bits per heavy atom. The van der Waals surface area contributed by atoms with Crippen LogP contribution in [0.5, 0.6) is 0 Å². The predicted molar refractivity (Wildman–Crippen MR) is 78.3 cm³/mol. The fourth-order valence-electron chi connectivity index (χ4n) is 2.27. The Kier molecular flexibility index (Phi) is 4.60. The number of hydrogen-bond donors (Lipinski definition) is 1. The molecule has 1 aromatic rings. The highest BCUT2D eigenvalue weighted by molar-refractivity contribution is 8.00. The lowest BCUT2D eigenvalue weighted by Crippen LogP contribution is -2.37. The molecule has 0 spiro atoms. The molecule has 2 rings (SSSR count). The summed E-state index contributed by atoms with van der Waals surface area (Å²) in [6.45, 7) is 5.13. The quantitative estimate of drug-likeness (QED) is 0.916. The Morgan fingerprint density at radius 1 is 1.53 bits per heavy atom. The molecule has 17 heavy (non-hydrogen) atoms. The molecule has 1 unspecified atom stereocenters. The lowest BCUT2D eigenvalue weighted by molar-refractivity contribution is 0.775. The van der Waals surface area contributed by atoms with E-state index in [2.05, 4.69) is 17.9 Å². The van der Waals surface area contributed by atoms with Crippen LogP contribution in [0.4, 0.5) is 5.69 Å². The third-order valence-corrected chi connectivity index (χ3v) is 4.56. The molecule has 1 aliphatic rings. The van der Waals surface area contributed by atoms with Gasteiger partial charge in [0.2, 0.25) is 0 Å². The first-order valence-electron chi connectivity index (χ1n) is 6.06. The minimum atomic E-state index is 0.648. The number of hydrogen-bond acceptors (Lipinski definition) is 3. The maximum absolute atomic E-state index is 6.28. The van der Waals surface area contributed by atoms with Crippen LogP contribution in [-0.2, 0) is 6.42 Å². The van der Waals surface area contributed by atoms with E-state index in [-0.39, 0.29) is 0 Å². The van der Waals surface area contributed by atoms with Crippen LogP contribution in [0.2, 0.25) is 5.02 Å². The number of rotatable bonds is 3. The van der Waals surface area contributed by atoms with Gasteiger partial charge in [-0.25, -0.2) is 0 Å². The highest BCUT2D eigenvalue weighted by atomic mass is 35.5. The Balaban J connectivity index is 2.27. The van der Waals surface area contributed by atoms with E-state index < -0.39 is 0 Å². The van der Waals surface area contributed by atoms with Crippen LogP contribution in [0.1, 0.15) is 12.5 Å². The lowest BCUT2D eigenvalue weighted by Gasteiger charge is -2.34. The van der Waals surface area contributed by atoms with Gasteiger partial charge in [-0.3, -0.25) is 0 Å². The van der Waals surface area contributed by atoms with Crippen LogP contribution in [0.3, 0.4) is 0 Å². The fourth-order valence-corrected chi connectivity index (χ4v) is 3.55. The third kappa shape index (κ3) is 3.09. The molecule has 2 nitrogen and oxygen atoms in total. The minimum Gasteiger partial charge on any atom is -0.369 e. The highest BCUT2D eigenvalue weighted by Gasteiger charge is 2.19. The zero-order chi connectivity index (χ0) is 12.3. The molecule has 0 saturated carbocycles. The highest BCUT2D eigenvalue weighted by Crippen LogP contribution is 2.31. The van der Waals surface area contributed by atoms with Gasteiger partial charge >= 0.3 is 0 Å². The Hall–Kier alpha value is -0.380. The average molecular weight is 271 g/mol. The van der Waals surface area contributed by atoms with Gasteiger partial charge in [0.1, 0.15) is 0 Å². The Labute approximate surface area is 113 Å². The molecule has 4 heteroatoms. The normalized spacial score (nSPS) is 20.6. The largest absolute Gasteiger partial charge is 0.369 e. The first-order valence-corrected chi connectivity index (χ1v) is 7.49. The molecule has 1 fully saturated rings. The van der Waals surface area contributed by atoms with Crippen LogP contribution >= 0.6 is 23.4 Å². The van der Waals surface area contributed by atoms with Crippen molar-refractivity contribution in [2.45, 2.75) is 18.6 Å². The minimum absolute atomic E-state index is 0.648. The van der Waals surface area contributed by atoms with Gasteiger partial charge in [-0.1, -0.05) is 24.6 Å². The van der Waals surface area contributed by atoms with Crippen molar-refractivity contribution in [2.75, 3.05) is 30.3 Å². The van der Waals surface area contributed by atoms with E-state index in [4.69, 9.17) is 17.3 Å². The van der Waals surface area contributed by atoms with E-state index in [9.17, 15) is 0 Å². The monoisotopic (exact) mass is 270 g/mol. The number of anilines is 1. The van der Waals surface area contributed by atoms with Crippen LogP contribution in [0, 0.1) is 0 Å². The molecule has 0 amide bonds. The van der Waals surface area contributed by atoms with Crippen LogP contribution < -0.4 is 10.6 Å². The van der Waals surface area contributed by atoms with Crippen LogP contribution in [-0.4, -0.2) is 30.6 Å². The molecule has 1 saturated heterocycles. The Bertz CT molecular complexity index is 384. The molecular formula is C13H19ClN2S. The summed E-state index contributed by atoms with van der Waals surface area (Å²) in [6, 6.07) is 6.15. The zero-order valence-electron chi connectivity index (χ0n) is 10.2. The maximum Gasteiger partial charge on any atom is 0.0459 e. The van der Waals surface area contributed by atoms with Crippen molar-refractivity contribution in [3.05, 3.63) is 28.8 Å². The average Bonchev–Trinajstić information content (AvgIpc) is 2.32. The summed E-state index contributed by atoms with van der Waals surface area (Å²) in [5.74, 6) is 1.19. The van der Waals surface area contributed by atoms with Crippen LogP contribution in [0.15, 0.2) is 18.2 Å². The molecule has 0 aliphatic carbocycles. The van der Waals surface area contributed by atoms with E-state index in [1.54, 1.807) is 0 Å². The van der Waals surface area contributed by atoms with Crippen molar-refractivity contribution in [1.29, 1.82) is 0 Å². The Morgan fingerprint density at radius 3 is 3.06 bits per heavy atom. The summed E-state index contributed by atoms with van der Waals surface area (Å²) in [6.07, 6.45) is 0.854. The molecule has 1 heterocycles. The summed E-state index contributed by atoms with van der Waals surface area (Å²) in [5, 5.41) is 1.53. The van der Waals surface area contributed by atoms with Gasteiger partial charge in [0.05, 0.1) is 0 Å². The van der Waals surface area contributed by atoms with E-state index in [0.717, 1.165) is 24.5 Å². The third-order valence-electron chi connectivity index (χ3n) is 3.07. The second-order valence-electron chi connectivity index (χ2n) is 4.40. The van der Waals surface area contributed by atoms with Gasteiger partial charge in [-0.05, 0) is 30.7 Å². The van der Waals surface area contributed by atoms with Crippen LogP contribution in [0.25, 0.3) is 0 Å². The van der Waals surface area contributed by atoms with Gasteiger partial charge in [0.15, 0.2) is 0 Å². The SMILES string of the molecule is CC1CN(c2cccc(Cl)c2CCN)CCS1. The first kappa shape index (κ1) is 13.1. The summed E-state index contributed by atoms with van der Waals surface area (Å²) < 4.78 is 0. The van der Waals surface area contributed by atoms with Crippen molar-refractivity contribution < 1.29 is 0 Å². The van der Waals surface area contributed by atoms with Gasteiger partial charge in [0.25, 0.3) is 0 Å². The zero-order valence-corrected chi connectivity index (χ0v) is 11.7. The smallest absolute Gasteiger partial charge is 0.0459 e. The second kappa shape index (κ2) is 5.98. The molecule has 94 valence electrons. The predicted octanol–water partition coefficient (Wildman–Crippen LogP) is 2.78. The van der Waals surface area contributed by atoms with Crippen molar-refractivity contribution in [1.82, 2.24) is 0 Å². The fraction of sp³-hybridized carbons (Fsp3) is 0.538. The summed E-state index contributed by atoms with van der Waals surface area (Å²) >= 11 is 8.32. The molecule has 1 aromatic carbocycles. The van der Waals surface area contributed by atoms with Crippen molar-refractivity contribution >= 4 is 29.1 Å². The number of benzene rings is 1. The van der Waals surface area contributed by atoms with E-state index >= 15 is 0 Å². The number of halogens is 1. The maximum atomic E-state index is 6.28. The van der Waals surface area contributed by atoms with E-state index in [1.807, 2.05) is 23.9 Å². The van der Waals surface area contributed by atoms with E-state index in [1.165, 1.54) is 17.0 Å². The first-order chi connectivity index (χ1) is 8.22. The van der Waals surface area contributed by atoms with Gasteiger partial charge in [-0.15, -0.1) is 0 Å². The number of thioether (sulfide) groups is 1. The summed E-state index contributed by atoms with van der Waals surface area (Å²) in [5.41, 5.74) is 8.15. The van der Waals surface area contributed by atoms with E-state index in [0.29, 0.717) is 11.8 Å². The molecule has 0 radical (unpaired) electrons. The molecule has 1 aliphatic heterocycles. The second-order valence-corrected chi connectivity index (χ2v) is 6.36. The molecule has 1 atom stereocenters. The van der Waals surface area contributed by atoms with Crippen molar-refractivity contribution in [3.63, 3.8) is 0 Å². The summed E-state index contributed by atoms with van der Waals surface area (Å²) in [4.78, 5) is 2.44. The molecule has 2 N–H and O–H groups in total. The summed E-state index contributed by atoms with van der Waals surface area (Å²) in [7, 11) is 0. The number of nitrogens with zero attached hydrogens (tertiary/aromatic N) is 1. The topological polar surface area (TPSA) is 29.3 Å². The van der Waals surface area contributed by atoms with Gasteiger partial charge in [-0.2, -0.15) is 11.8 Å². The molecule has 0 aromatic heterocycles. The van der Waals surface area contributed by atoms with Crippen molar-refractivity contribution in [2.24, 2.45) is 5.73 Å². The standard InChI is InChI=1S/C13H19ClN2S/c1-10-9-16(7-8-17-10)13-4-2-3-12(14)11(13)5-6-15/h2-4,10H,5-9,15H2,1H3.